The third kappa shape index (κ3) is 5.75. The van der Waals surface area contributed by atoms with Gasteiger partial charge in [-0.1, -0.05) is 71.9 Å². The third-order valence-corrected chi connectivity index (χ3v) is 7.68. The van der Waals surface area contributed by atoms with Crippen LogP contribution in [0.2, 0.25) is 5.02 Å². The van der Waals surface area contributed by atoms with Crippen molar-refractivity contribution in [1.82, 2.24) is 4.98 Å². The summed E-state index contributed by atoms with van der Waals surface area (Å²) in [6.45, 7) is 1.82. The second kappa shape index (κ2) is 11.6. The molecule has 0 radical (unpaired) electrons. The van der Waals surface area contributed by atoms with Crippen LogP contribution in [0.5, 0.6) is 5.75 Å². The second-order valence-corrected chi connectivity index (χ2v) is 10.6. The number of hydrogen-bond acceptors (Lipinski definition) is 5. The molecule has 5 aromatic rings. The summed E-state index contributed by atoms with van der Waals surface area (Å²) in [5.41, 5.74) is 4.26. The van der Waals surface area contributed by atoms with Crippen molar-refractivity contribution in [3.8, 4) is 34.2 Å². The van der Waals surface area contributed by atoms with Gasteiger partial charge >= 0.3 is 0 Å². The van der Waals surface area contributed by atoms with E-state index < -0.39 is 5.25 Å². The van der Waals surface area contributed by atoms with Crippen LogP contribution in [0.4, 0.5) is 5.69 Å². The Morgan fingerprint density at radius 2 is 1.67 bits per heavy atom. The Balaban J connectivity index is 1.52. The summed E-state index contributed by atoms with van der Waals surface area (Å²) in [4.78, 5) is 18.2. The van der Waals surface area contributed by atoms with Crippen molar-refractivity contribution in [3.05, 3.63) is 108 Å². The van der Waals surface area contributed by atoms with E-state index in [1.165, 1.54) is 11.8 Å². The van der Waals surface area contributed by atoms with Gasteiger partial charge in [0.2, 0.25) is 5.91 Å². The first-order valence-electron chi connectivity index (χ1n) is 12.3. The van der Waals surface area contributed by atoms with Gasteiger partial charge in [-0.05, 0) is 66.4 Å². The van der Waals surface area contributed by atoms with Crippen molar-refractivity contribution in [3.63, 3.8) is 0 Å². The van der Waals surface area contributed by atoms with Crippen LogP contribution >= 0.6 is 23.4 Å². The summed E-state index contributed by atoms with van der Waals surface area (Å²) in [7, 11) is 1.62. The largest absolute Gasteiger partial charge is 0.497 e. The number of hydrogen-bond donors (Lipinski definition) is 1. The number of rotatable bonds is 7. The van der Waals surface area contributed by atoms with Crippen molar-refractivity contribution < 1.29 is 9.53 Å². The quantitative estimate of drug-likeness (QED) is 0.207. The molecule has 7 heteroatoms. The van der Waals surface area contributed by atoms with Crippen LogP contribution in [0.15, 0.2) is 102 Å². The lowest BCUT2D eigenvalue weighted by Crippen LogP contribution is -2.22. The highest BCUT2D eigenvalue weighted by atomic mass is 35.5. The van der Waals surface area contributed by atoms with E-state index in [0.29, 0.717) is 21.3 Å². The van der Waals surface area contributed by atoms with E-state index in [1.54, 1.807) is 19.2 Å². The molecule has 0 fully saturated rings. The van der Waals surface area contributed by atoms with Gasteiger partial charge in [-0.15, -0.1) is 0 Å². The molecule has 1 amide bonds. The van der Waals surface area contributed by atoms with Crippen LogP contribution in [-0.4, -0.2) is 23.3 Å². The van der Waals surface area contributed by atoms with Gasteiger partial charge in [0.05, 0.1) is 23.6 Å². The molecule has 0 bridgehead atoms. The molecule has 1 N–H and O–H groups in total. The highest BCUT2D eigenvalue weighted by Gasteiger charge is 2.22. The number of halogens is 1. The molecule has 0 aliphatic carbocycles. The number of nitriles is 1. The van der Waals surface area contributed by atoms with Gasteiger partial charge in [-0.25, -0.2) is 4.98 Å². The fourth-order valence-corrected chi connectivity index (χ4v) is 5.32. The van der Waals surface area contributed by atoms with Gasteiger partial charge in [-0.3, -0.25) is 4.79 Å². The molecule has 4 aromatic carbocycles. The number of amides is 1. The predicted molar refractivity (Wildman–Crippen MR) is 159 cm³/mol. The number of methoxy groups -OCH3 is 1. The number of carbonyl (C=O) groups excluding carboxylic acids is 1. The van der Waals surface area contributed by atoms with Crippen molar-refractivity contribution in [2.24, 2.45) is 0 Å². The van der Waals surface area contributed by atoms with Gasteiger partial charge in [0, 0.05) is 27.2 Å². The van der Waals surface area contributed by atoms with Gasteiger partial charge in [0.15, 0.2) is 0 Å². The standard InChI is InChI=1S/C32H24ClN3O2S/c1-20(31(37)35-29-9-5-7-21-6-3-4-8-26(21)29)39-32-28(19-34)27(22-10-14-24(33)15-11-22)18-30(36-32)23-12-16-25(38-2)17-13-23/h3-18,20H,1-2H3,(H,35,37). The minimum Gasteiger partial charge on any atom is -0.497 e. The molecule has 5 rings (SSSR count). The number of pyridine rings is 1. The topological polar surface area (TPSA) is 75.0 Å². The lowest BCUT2D eigenvalue weighted by atomic mass is 9.99. The fraction of sp³-hybridized carbons (Fsp3) is 0.0938. The lowest BCUT2D eigenvalue weighted by molar-refractivity contribution is -0.115. The van der Waals surface area contributed by atoms with E-state index in [4.69, 9.17) is 21.3 Å². The average Bonchev–Trinajstić information content (AvgIpc) is 2.97. The van der Waals surface area contributed by atoms with E-state index in [-0.39, 0.29) is 5.91 Å². The van der Waals surface area contributed by atoms with Crippen LogP contribution in [0.25, 0.3) is 33.2 Å². The van der Waals surface area contributed by atoms with E-state index in [2.05, 4.69) is 11.4 Å². The number of aromatic nitrogens is 1. The number of fused-ring (bicyclic) bond motifs is 1. The summed E-state index contributed by atoms with van der Waals surface area (Å²) in [5.74, 6) is 0.559. The average molecular weight is 550 g/mol. The molecule has 5 nitrogen and oxygen atoms in total. The smallest absolute Gasteiger partial charge is 0.237 e. The first kappa shape index (κ1) is 26.3. The minimum atomic E-state index is -0.521. The highest BCUT2D eigenvalue weighted by Crippen LogP contribution is 2.37. The summed E-state index contributed by atoms with van der Waals surface area (Å²) >= 11 is 7.39. The molecule has 1 aromatic heterocycles. The monoisotopic (exact) mass is 549 g/mol. The zero-order chi connectivity index (χ0) is 27.4. The lowest BCUT2D eigenvalue weighted by Gasteiger charge is -2.16. The third-order valence-electron chi connectivity index (χ3n) is 6.34. The summed E-state index contributed by atoms with van der Waals surface area (Å²) in [5, 5.41) is 15.8. The van der Waals surface area contributed by atoms with Crippen molar-refractivity contribution in [2.75, 3.05) is 12.4 Å². The van der Waals surface area contributed by atoms with Gasteiger partial charge in [0.1, 0.15) is 16.8 Å². The Labute approximate surface area is 236 Å². The molecule has 0 aliphatic heterocycles. The normalized spacial score (nSPS) is 11.5. The number of carbonyl (C=O) groups is 1. The molecule has 0 saturated heterocycles. The zero-order valence-corrected chi connectivity index (χ0v) is 22.9. The van der Waals surface area contributed by atoms with Gasteiger partial charge in [-0.2, -0.15) is 5.26 Å². The van der Waals surface area contributed by atoms with Crippen LogP contribution < -0.4 is 10.1 Å². The summed E-state index contributed by atoms with van der Waals surface area (Å²) < 4.78 is 5.30. The van der Waals surface area contributed by atoms with Crippen LogP contribution in [0.3, 0.4) is 0 Å². The van der Waals surface area contributed by atoms with Crippen LogP contribution in [0.1, 0.15) is 12.5 Å². The molecule has 1 atom stereocenters. The van der Waals surface area contributed by atoms with E-state index in [1.807, 2.05) is 91.9 Å². The van der Waals surface area contributed by atoms with Crippen LogP contribution in [-0.2, 0) is 4.79 Å². The van der Waals surface area contributed by atoms with E-state index >= 15 is 0 Å². The Bertz CT molecular complexity index is 1690. The maximum Gasteiger partial charge on any atom is 0.237 e. The number of ether oxygens (including phenoxy) is 1. The number of benzene rings is 4. The first-order valence-corrected chi connectivity index (χ1v) is 13.5. The molecule has 0 aliphatic rings. The number of thioether (sulfide) groups is 1. The first-order chi connectivity index (χ1) is 19.0. The van der Waals surface area contributed by atoms with Crippen molar-refractivity contribution >= 4 is 45.7 Å². The predicted octanol–water partition coefficient (Wildman–Crippen LogP) is 8.22. The zero-order valence-electron chi connectivity index (χ0n) is 21.3. The molecule has 39 heavy (non-hydrogen) atoms. The fourth-order valence-electron chi connectivity index (χ4n) is 4.27. The molecule has 1 heterocycles. The molecule has 0 saturated carbocycles. The molecule has 1 unspecified atom stereocenters. The Hall–Kier alpha value is -4.31. The van der Waals surface area contributed by atoms with E-state index in [0.717, 1.165) is 38.9 Å². The molecule has 192 valence electrons. The summed E-state index contributed by atoms with van der Waals surface area (Å²) in [6, 6.07) is 32.8. The molecular formula is C32H24ClN3O2S. The Kier molecular flexibility index (Phi) is 7.83. The summed E-state index contributed by atoms with van der Waals surface area (Å²) in [6.07, 6.45) is 0. The number of anilines is 1. The Morgan fingerprint density at radius 3 is 2.38 bits per heavy atom. The number of nitrogens with one attached hydrogen (secondary N) is 1. The second-order valence-electron chi connectivity index (χ2n) is 8.86. The van der Waals surface area contributed by atoms with Crippen molar-refractivity contribution in [1.29, 1.82) is 5.26 Å². The van der Waals surface area contributed by atoms with E-state index in [9.17, 15) is 10.1 Å². The maximum atomic E-state index is 13.3. The van der Waals surface area contributed by atoms with Gasteiger partial charge < -0.3 is 10.1 Å². The SMILES string of the molecule is COc1ccc(-c2cc(-c3ccc(Cl)cc3)c(C#N)c(SC(C)C(=O)Nc3cccc4ccccc34)n2)cc1. The molecular weight excluding hydrogens is 526 g/mol. The maximum absolute atomic E-state index is 13.3. The van der Waals surface area contributed by atoms with Gasteiger partial charge in [0.25, 0.3) is 0 Å². The van der Waals surface area contributed by atoms with Crippen LogP contribution in [0, 0.1) is 11.3 Å². The Morgan fingerprint density at radius 1 is 0.974 bits per heavy atom. The number of nitrogens with zero attached hydrogens (tertiary/aromatic N) is 2. The minimum absolute atomic E-state index is 0.176. The highest BCUT2D eigenvalue weighted by molar-refractivity contribution is 8.00. The van der Waals surface area contributed by atoms with Crippen molar-refractivity contribution in [2.45, 2.75) is 17.2 Å². The molecule has 0 spiro atoms.